The first kappa shape index (κ1) is 19.1. The van der Waals surface area contributed by atoms with Crippen LogP contribution in [0.5, 0.6) is 0 Å². The van der Waals surface area contributed by atoms with Crippen molar-refractivity contribution >= 4 is 11.7 Å². The molecule has 0 aliphatic heterocycles. The topological polar surface area (TPSA) is 38.7 Å². The number of nitrogens with zero attached hydrogens (tertiary/aromatic N) is 1. The zero-order valence-electron chi connectivity index (χ0n) is 14.1. The van der Waals surface area contributed by atoms with Gasteiger partial charge in [0, 0.05) is 0 Å². The molecule has 2 aromatic carbocycles. The van der Waals surface area contributed by atoms with Gasteiger partial charge in [0.15, 0.2) is 0 Å². The van der Waals surface area contributed by atoms with Crippen LogP contribution in [0.3, 0.4) is 0 Å². The zero-order chi connectivity index (χ0) is 16.0. The number of esters is 1. The molecule has 0 amide bonds. The summed E-state index contributed by atoms with van der Waals surface area (Å²) in [6.07, 6.45) is 0. The van der Waals surface area contributed by atoms with E-state index in [0.717, 1.165) is 16.8 Å². The number of hydrogen-bond acceptors (Lipinski definition) is 3. The van der Waals surface area contributed by atoms with Gasteiger partial charge in [0.1, 0.15) is 5.60 Å². The van der Waals surface area contributed by atoms with Gasteiger partial charge >= 0.3 is 18.9 Å². The Kier molecular flexibility index (Phi) is 7.16. The van der Waals surface area contributed by atoms with Crippen LogP contribution >= 0.6 is 0 Å². The minimum absolute atomic E-state index is 0. The molecule has 0 N–H and O–H groups in total. The molecule has 2 rings (SSSR count). The molecule has 0 aromatic heterocycles. The smallest absolute Gasteiger partial charge is 0.469 e. The van der Waals surface area contributed by atoms with Gasteiger partial charge in [-0.15, -0.1) is 0 Å². The van der Waals surface area contributed by atoms with Gasteiger partial charge in [-0.3, -0.25) is 4.79 Å². The summed E-state index contributed by atoms with van der Waals surface area (Å²) < 4.78 is 5.26. The third-order valence-corrected chi connectivity index (χ3v) is 2.80. The molecule has 0 atom stereocenters. The molecular weight excluding hydrogens is 281 g/mol. The van der Waals surface area contributed by atoms with Crippen molar-refractivity contribution in [3.05, 3.63) is 78.3 Å². The molecule has 0 aliphatic rings. The first-order chi connectivity index (χ1) is 10.5. The Balaban J connectivity index is 0.00000264. The maximum absolute atomic E-state index is 11.8. The van der Waals surface area contributed by atoms with E-state index in [4.69, 9.17) is 4.74 Å². The maximum atomic E-state index is 11.8. The number of carbonyl (C=O) groups is 1. The van der Waals surface area contributed by atoms with Gasteiger partial charge in [-0.1, -0.05) is 77.5 Å². The summed E-state index contributed by atoms with van der Waals surface area (Å²) in [5.41, 5.74) is 2.12. The van der Waals surface area contributed by atoms with Crippen molar-refractivity contribution in [2.45, 2.75) is 26.4 Å². The van der Waals surface area contributed by atoms with E-state index < -0.39 is 11.6 Å². The van der Waals surface area contributed by atoms with Crippen LogP contribution in [0.2, 0.25) is 0 Å². The van der Waals surface area contributed by atoms with Crippen LogP contribution in [0.1, 0.15) is 31.9 Å². The van der Waals surface area contributed by atoms with Gasteiger partial charge < -0.3 is 9.73 Å². The van der Waals surface area contributed by atoms with E-state index in [1.54, 1.807) is 0 Å². The third-order valence-electron chi connectivity index (χ3n) is 2.80. The average Bonchev–Trinajstić information content (AvgIpc) is 2.48. The quantitative estimate of drug-likeness (QED) is 0.366. The van der Waals surface area contributed by atoms with Crippen molar-refractivity contribution in [2.24, 2.45) is 4.99 Å². The van der Waals surface area contributed by atoms with Crippen molar-refractivity contribution in [1.82, 2.24) is 0 Å². The Morgan fingerprint density at radius 1 is 0.913 bits per heavy atom. The summed E-state index contributed by atoms with van der Waals surface area (Å²) in [6, 6.07) is 19.5. The van der Waals surface area contributed by atoms with Crippen LogP contribution in [-0.2, 0) is 9.53 Å². The Hall–Kier alpha value is -1.95. The molecule has 0 fully saturated rings. The van der Waals surface area contributed by atoms with Crippen molar-refractivity contribution in [1.29, 1.82) is 0 Å². The van der Waals surface area contributed by atoms with E-state index in [-0.39, 0.29) is 18.9 Å². The van der Waals surface area contributed by atoms with Crippen LogP contribution in [0.15, 0.2) is 65.7 Å². The van der Waals surface area contributed by atoms with Gasteiger partial charge in [-0.05, 0) is 27.3 Å². The molecule has 0 unspecified atom stereocenters. The fourth-order valence-corrected chi connectivity index (χ4v) is 1.95. The van der Waals surface area contributed by atoms with Gasteiger partial charge in [0.05, 0.1) is 0 Å². The normalized spacial score (nSPS) is 10.2. The summed E-state index contributed by atoms with van der Waals surface area (Å²) >= 11 is 0. The summed E-state index contributed by atoms with van der Waals surface area (Å²) in [6.45, 7) is 6.73. The standard InChI is InChI=1S/C19H20NO2.Li/c1-19(2,3)22-17(21)14-20-18(15-10-6-4-7-11-15)16-12-8-5-9-13-16;/h4-14H,1-3H3;/q-1;+1. The molecule has 0 radical (unpaired) electrons. The van der Waals surface area contributed by atoms with Gasteiger partial charge in [-0.25, -0.2) is 0 Å². The fraction of sp³-hybridized carbons (Fsp3) is 0.211. The molecule has 0 aliphatic carbocycles. The second kappa shape index (κ2) is 8.62. The van der Waals surface area contributed by atoms with E-state index in [2.05, 4.69) is 4.99 Å². The van der Waals surface area contributed by atoms with E-state index in [9.17, 15) is 4.79 Å². The van der Waals surface area contributed by atoms with E-state index in [0.29, 0.717) is 0 Å². The number of ether oxygens (including phenoxy) is 1. The molecule has 23 heavy (non-hydrogen) atoms. The van der Waals surface area contributed by atoms with Crippen molar-refractivity contribution in [3.8, 4) is 0 Å². The maximum Gasteiger partial charge on any atom is 1.00 e. The fourth-order valence-electron chi connectivity index (χ4n) is 1.95. The first-order valence-electron chi connectivity index (χ1n) is 7.20. The SMILES string of the molecule is CC(C)(C)OC(=O)[CH-]N=C(c1ccccc1)c1ccccc1.[Li+]. The molecule has 0 heterocycles. The molecule has 0 saturated carbocycles. The Labute approximate surface area is 150 Å². The number of rotatable bonds is 4. The Morgan fingerprint density at radius 3 is 1.74 bits per heavy atom. The first-order valence-corrected chi connectivity index (χ1v) is 7.20. The van der Waals surface area contributed by atoms with Crippen LogP contribution in [-0.4, -0.2) is 17.3 Å². The third kappa shape index (κ3) is 6.36. The molecule has 0 saturated heterocycles. The van der Waals surface area contributed by atoms with Crippen LogP contribution in [0.25, 0.3) is 0 Å². The minimum Gasteiger partial charge on any atom is -0.469 e. The average molecular weight is 301 g/mol. The van der Waals surface area contributed by atoms with E-state index in [1.165, 1.54) is 6.54 Å². The molecule has 0 bridgehead atoms. The van der Waals surface area contributed by atoms with Crippen LogP contribution < -0.4 is 18.9 Å². The second-order valence-corrected chi connectivity index (χ2v) is 5.87. The number of benzene rings is 2. The van der Waals surface area contributed by atoms with Gasteiger partial charge in [0.2, 0.25) is 0 Å². The second-order valence-electron chi connectivity index (χ2n) is 5.87. The van der Waals surface area contributed by atoms with Crippen LogP contribution in [0, 0.1) is 6.54 Å². The summed E-state index contributed by atoms with van der Waals surface area (Å²) in [7, 11) is 0. The van der Waals surface area contributed by atoms with Crippen molar-refractivity contribution in [3.63, 3.8) is 0 Å². The minimum atomic E-state index is -0.525. The Bertz CT molecular complexity index is 605. The van der Waals surface area contributed by atoms with Crippen molar-refractivity contribution < 1.29 is 28.4 Å². The zero-order valence-corrected chi connectivity index (χ0v) is 14.1. The Morgan fingerprint density at radius 2 is 1.35 bits per heavy atom. The predicted molar refractivity (Wildman–Crippen MR) is 88.7 cm³/mol. The summed E-state index contributed by atoms with van der Waals surface area (Å²) in [4.78, 5) is 16.2. The summed E-state index contributed by atoms with van der Waals surface area (Å²) in [5.74, 6) is -0.447. The number of hydrogen-bond donors (Lipinski definition) is 0. The van der Waals surface area contributed by atoms with Gasteiger partial charge in [-0.2, -0.15) is 0 Å². The van der Waals surface area contributed by atoms with Gasteiger partial charge in [0.25, 0.3) is 5.97 Å². The molecule has 3 nitrogen and oxygen atoms in total. The molecular formula is C19H20LiNO2. The molecule has 0 spiro atoms. The predicted octanol–water partition coefficient (Wildman–Crippen LogP) is 1.03. The molecule has 4 heteroatoms. The van der Waals surface area contributed by atoms with Crippen molar-refractivity contribution in [2.75, 3.05) is 0 Å². The number of aliphatic imine (C=N–C) groups is 1. The van der Waals surface area contributed by atoms with E-state index in [1.807, 2.05) is 81.4 Å². The molecule has 114 valence electrons. The largest absolute Gasteiger partial charge is 1.00 e. The van der Waals surface area contributed by atoms with Crippen LogP contribution in [0.4, 0.5) is 0 Å². The monoisotopic (exact) mass is 301 g/mol. The molecule has 2 aromatic rings. The summed E-state index contributed by atoms with van der Waals surface area (Å²) in [5, 5.41) is 0. The van der Waals surface area contributed by atoms with E-state index >= 15 is 0 Å². The number of carbonyl (C=O) groups excluding carboxylic acids is 1.